The molecule has 0 saturated carbocycles. The number of ether oxygens (including phenoxy) is 1. The first-order valence-electron chi connectivity index (χ1n) is 7.12. The molecule has 0 amide bonds. The zero-order chi connectivity index (χ0) is 18.0. The largest absolute Gasteiger partial charge is 0.455 e. The van der Waals surface area contributed by atoms with Gasteiger partial charge in [0.1, 0.15) is 28.9 Å². The molecule has 124 valence electrons. The number of hydrogen-bond donors (Lipinski definition) is 0. The maximum atomic E-state index is 14.1. The predicted molar refractivity (Wildman–Crippen MR) is 90.7 cm³/mol. The van der Waals surface area contributed by atoms with Gasteiger partial charge in [0.25, 0.3) is 0 Å². The van der Waals surface area contributed by atoms with Crippen LogP contribution >= 0.6 is 15.9 Å². The molecule has 25 heavy (non-hydrogen) atoms. The summed E-state index contributed by atoms with van der Waals surface area (Å²) >= 11 is 3.08. The van der Waals surface area contributed by atoms with Crippen molar-refractivity contribution in [2.24, 2.45) is 0 Å². The van der Waals surface area contributed by atoms with Crippen molar-refractivity contribution in [1.82, 2.24) is 0 Å². The third-order valence-corrected chi connectivity index (χ3v) is 4.29. The Labute approximate surface area is 150 Å². The van der Waals surface area contributed by atoms with Gasteiger partial charge in [-0.05, 0) is 40.2 Å². The first-order valence-corrected chi connectivity index (χ1v) is 7.91. The molecule has 0 radical (unpaired) electrons. The number of benzene rings is 3. The quantitative estimate of drug-likeness (QED) is 0.521. The van der Waals surface area contributed by atoms with Gasteiger partial charge in [0.05, 0.1) is 4.47 Å². The zero-order valence-electron chi connectivity index (χ0n) is 12.6. The Morgan fingerprint density at radius 3 is 2.16 bits per heavy atom. The molecule has 0 aromatic heterocycles. The van der Waals surface area contributed by atoms with E-state index in [0.29, 0.717) is 0 Å². The molecule has 0 aliphatic carbocycles. The first-order chi connectivity index (χ1) is 12.0. The Morgan fingerprint density at radius 1 is 0.800 bits per heavy atom. The summed E-state index contributed by atoms with van der Waals surface area (Å²) in [4.78, 5) is 0. The summed E-state index contributed by atoms with van der Waals surface area (Å²) in [6.07, 6.45) is 0. The van der Waals surface area contributed by atoms with Crippen LogP contribution in [0.2, 0.25) is 0 Å². The van der Waals surface area contributed by atoms with Crippen molar-refractivity contribution < 1.29 is 17.9 Å². The molecule has 0 unspecified atom stereocenters. The number of rotatable bonds is 3. The van der Waals surface area contributed by atoms with Crippen molar-refractivity contribution in [2.75, 3.05) is 0 Å². The second kappa shape index (κ2) is 6.99. The van der Waals surface area contributed by atoms with Crippen molar-refractivity contribution in [3.8, 4) is 28.7 Å². The molecule has 3 rings (SSSR count). The van der Waals surface area contributed by atoms with Crippen molar-refractivity contribution >= 4 is 15.9 Å². The highest BCUT2D eigenvalue weighted by Gasteiger charge is 2.17. The van der Waals surface area contributed by atoms with Gasteiger partial charge in [-0.15, -0.1) is 0 Å². The van der Waals surface area contributed by atoms with E-state index in [-0.39, 0.29) is 32.7 Å². The van der Waals surface area contributed by atoms with E-state index >= 15 is 0 Å². The third kappa shape index (κ3) is 3.24. The minimum atomic E-state index is -1.05. The molecule has 0 aliphatic heterocycles. The standard InChI is InChI=1S/C19H9BrF3NO/c20-18-14(21)6-3-9-17(18)25-16-8-2-4-11(13(16)10-24)12-5-1-7-15(22)19(12)23/h1-9H. The van der Waals surface area contributed by atoms with E-state index in [1.807, 2.05) is 6.07 Å². The molecule has 3 aromatic rings. The van der Waals surface area contributed by atoms with Gasteiger partial charge >= 0.3 is 0 Å². The zero-order valence-corrected chi connectivity index (χ0v) is 14.1. The first kappa shape index (κ1) is 17.1. The van der Waals surface area contributed by atoms with E-state index < -0.39 is 17.5 Å². The van der Waals surface area contributed by atoms with E-state index in [9.17, 15) is 18.4 Å². The van der Waals surface area contributed by atoms with Crippen LogP contribution in [0.5, 0.6) is 11.5 Å². The fraction of sp³-hybridized carbons (Fsp3) is 0. The van der Waals surface area contributed by atoms with Crippen LogP contribution in [0.3, 0.4) is 0 Å². The van der Waals surface area contributed by atoms with Crippen LogP contribution in [0.4, 0.5) is 13.2 Å². The Bertz CT molecular complexity index is 998. The highest BCUT2D eigenvalue weighted by molar-refractivity contribution is 9.10. The van der Waals surface area contributed by atoms with E-state index in [1.165, 1.54) is 42.5 Å². The number of hydrogen-bond acceptors (Lipinski definition) is 2. The highest BCUT2D eigenvalue weighted by Crippen LogP contribution is 2.37. The van der Waals surface area contributed by atoms with E-state index in [4.69, 9.17) is 4.74 Å². The Morgan fingerprint density at radius 2 is 1.40 bits per heavy atom. The van der Waals surface area contributed by atoms with Gasteiger partial charge in [0.15, 0.2) is 11.6 Å². The highest BCUT2D eigenvalue weighted by atomic mass is 79.9. The maximum absolute atomic E-state index is 14.1. The van der Waals surface area contributed by atoms with E-state index in [2.05, 4.69) is 15.9 Å². The molecule has 3 aromatic carbocycles. The minimum absolute atomic E-state index is 0.0168. The Kier molecular flexibility index (Phi) is 4.77. The summed E-state index contributed by atoms with van der Waals surface area (Å²) in [5, 5.41) is 9.49. The second-order valence-electron chi connectivity index (χ2n) is 5.05. The fourth-order valence-electron chi connectivity index (χ4n) is 2.35. The van der Waals surface area contributed by atoms with Crippen LogP contribution in [0.25, 0.3) is 11.1 Å². The van der Waals surface area contributed by atoms with Gasteiger partial charge in [0.2, 0.25) is 0 Å². The minimum Gasteiger partial charge on any atom is -0.455 e. The number of nitrogens with zero attached hydrogens (tertiary/aromatic N) is 1. The molecule has 0 spiro atoms. The lowest BCUT2D eigenvalue weighted by Gasteiger charge is -2.13. The lowest BCUT2D eigenvalue weighted by Crippen LogP contribution is -1.96. The molecule has 0 heterocycles. The van der Waals surface area contributed by atoms with Gasteiger partial charge in [-0.3, -0.25) is 0 Å². The monoisotopic (exact) mass is 403 g/mol. The average Bonchev–Trinajstić information content (AvgIpc) is 2.61. The van der Waals surface area contributed by atoms with Gasteiger partial charge < -0.3 is 4.74 Å². The van der Waals surface area contributed by atoms with Crippen molar-refractivity contribution in [1.29, 1.82) is 5.26 Å². The second-order valence-corrected chi connectivity index (χ2v) is 5.84. The van der Waals surface area contributed by atoms with Crippen LogP contribution in [0, 0.1) is 28.8 Å². The molecule has 0 bridgehead atoms. The molecular weight excluding hydrogens is 395 g/mol. The molecule has 0 N–H and O–H groups in total. The molecule has 0 saturated heterocycles. The number of halogens is 4. The van der Waals surface area contributed by atoms with Crippen LogP contribution < -0.4 is 4.74 Å². The summed E-state index contributed by atoms with van der Waals surface area (Å²) in [5.41, 5.74) is 0.146. The molecule has 0 atom stereocenters. The maximum Gasteiger partial charge on any atom is 0.166 e. The Balaban J connectivity index is 2.13. The molecular formula is C19H9BrF3NO. The smallest absolute Gasteiger partial charge is 0.166 e. The van der Waals surface area contributed by atoms with Crippen LogP contribution in [-0.2, 0) is 0 Å². The normalized spacial score (nSPS) is 10.4. The van der Waals surface area contributed by atoms with Crippen LogP contribution in [0.15, 0.2) is 59.1 Å². The lowest BCUT2D eigenvalue weighted by molar-refractivity contribution is 0.471. The molecule has 0 aliphatic rings. The SMILES string of the molecule is N#Cc1c(Oc2cccc(F)c2Br)cccc1-c1cccc(F)c1F. The molecule has 0 fully saturated rings. The summed E-state index contributed by atoms with van der Waals surface area (Å²) in [6.45, 7) is 0. The van der Waals surface area contributed by atoms with E-state index in [1.54, 1.807) is 6.07 Å². The fourth-order valence-corrected chi connectivity index (χ4v) is 2.69. The summed E-state index contributed by atoms with van der Waals surface area (Å²) in [7, 11) is 0. The van der Waals surface area contributed by atoms with Gasteiger partial charge in [-0.2, -0.15) is 5.26 Å². The topological polar surface area (TPSA) is 33.0 Å². The lowest BCUT2D eigenvalue weighted by atomic mass is 9.99. The molecule has 2 nitrogen and oxygen atoms in total. The van der Waals surface area contributed by atoms with Crippen LogP contribution in [-0.4, -0.2) is 0 Å². The summed E-state index contributed by atoms with van der Waals surface area (Å²) < 4.78 is 46.9. The Hall–Kier alpha value is -2.78. The van der Waals surface area contributed by atoms with Crippen molar-refractivity contribution in [3.05, 3.63) is 82.1 Å². The third-order valence-electron chi connectivity index (χ3n) is 3.52. The van der Waals surface area contributed by atoms with Gasteiger partial charge in [-0.25, -0.2) is 13.2 Å². The summed E-state index contributed by atoms with van der Waals surface area (Å²) in [5.74, 6) is -2.32. The van der Waals surface area contributed by atoms with Gasteiger partial charge in [0, 0.05) is 11.1 Å². The van der Waals surface area contributed by atoms with E-state index in [0.717, 1.165) is 6.07 Å². The average molecular weight is 404 g/mol. The van der Waals surface area contributed by atoms with Gasteiger partial charge in [-0.1, -0.05) is 30.3 Å². The predicted octanol–water partition coefficient (Wildman–Crippen LogP) is 6.20. The van der Waals surface area contributed by atoms with Crippen LogP contribution in [0.1, 0.15) is 5.56 Å². The van der Waals surface area contributed by atoms with Crippen molar-refractivity contribution in [3.63, 3.8) is 0 Å². The summed E-state index contributed by atoms with van der Waals surface area (Å²) in [6, 6.07) is 14.4. The molecule has 6 heteroatoms. The van der Waals surface area contributed by atoms with Crippen molar-refractivity contribution in [2.45, 2.75) is 0 Å². The number of nitriles is 1.